The first-order valence-electron chi connectivity index (χ1n) is 11.0. The number of carbonyl (C=O) groups excluding carboxylic acids is 3. The second-order valence-corrected chi connectivity index (χ2v) is 8.49. The molecule has 4 amide bonds. The Kier molecular flexibility index (Phi) is 6.25. The van der Waals surface area contributed by atoms with Gasteiger partial charge < -0.3 is 20.2 Å². The number of quaternary nitrogens is 1. The van der Waals surface area contributed by atoms with Gasteiger partial charge in [0.1, 0.15) is 19.2 Å². The molecular weight excluding hydrogens is 408 g/mol. The van der Waals surface area contributed by atoms with Gasteiger partial charge in [0.05, 0.1) is 26.2 Å². The molecule has 32 heavy (non-hydrogen) atoms. The Hall–Kier alpha value is -3.23. The van der Waals surface area contributed by atoms with Crippen molar-refractivity contribution < 1.29 is 24.4 Å². The number of nitrogens with one attached hydrogen (secondary N) is 2. The molecule has 4 rings (SSSR count). The summed E-state index contributed by atoms with van der Waals surface area (Å²) < 4.78 is 0. The number of carbonyl (C=O) groups is 3. The summed E-state index contributed by atoms with van der Waals surface area (Å²) in [7, 11) is 0. The number of urea groups is 1. The highest BCUT2D eigenvalue weighted by atomic mass is 16.3. The second kappa shape index (κ2) is 9.10. The summed E-state index contributed by atoms with van der Waals surface area (Å²) >= 11 is 0. The largest absolute Gasteiger partial charge is 0.388 e. The SMILES string of the molecule is C[C@H](O)C[NH+]1CCN(C(=O)CN2C(=O)NC(c3ccccc3)(c3ccccc3)C2=O)CC1. The zero-order chi connectivity index (χ0) is 22.7. The van der Waals surface area contributed by atoms with Crippen LogP contribution in [0.25, 0.3) is 0 Å². The van der Waals surface area contributed by atoms with Gasteiger partial charge >= 0.3 is 6.03 Å². The molecule has 0 aromatic heterocycles. The molecule has 2 aliphatic rings. The van der Waals surface area contributed by atoms with Crippen molar-refractivity contribution in [3.63, 3.8) is 0 Å². The number of piperazine rings is 1. The summed E-state index contributed by atoms with van der Waals surface area (Å²) in [5, 5.41) is 12.4. The van der Waals surface area contributed by atoms with Gasteiger partial charge in [-0.25, -0.2) is 4.79 Å². The Morgan fingerprint density at radius 2 is 1.56 bits per heavy atom. The molecule has 0 radical (unpaired) electrons. The van der Waals surface area contributed by atoms with E-state index in [9.17, 15) is 19.5 Å². The smallest absolute Gasteiger partial charge is 0.326 e. The lowest BCUT2D eigenvalue weighted by molar-refractivity contribution is -0.906. The molecule has 0 saturated carbocycles. The van der Waals surface area contributed by atoms with E-state index in [1.165, 1.54) is 4.90 Å². The molecule has 3 N–H and O–H groups in total. The van der Waals surface area contributed by atoms with Crippen LogP contribution in [0.15, 0.2) is 60.7 Å². The summed E-state index contributed by atoms with van der Waals surface area (Å²) in [5.41, 5.74) is -0.0651. The molecule has 0 unspecified atom stereocenters. The number of amides is 4. The normalized spacial score (nSPS) is 19.7. The van der Waals surface area contributed by atoms with E-state index in [0.29, 0.717) is 30.8 Å². The molecule has 2 aromatic carbocycles. The van der Waals surface area contributed by atoms with Gasteiger partial charge in [-0.3, -0.25) is 14.5 Å². The van der Waals surface area contributed by atoms with Crippen LogP contribution >= 0.6 is 0 Å². The molecule has 0 aliphatic carbocycles. The van der Waals surface area contributed by atoms with Gasteiger partial charge in [-0.15, -0.1) is 0 Å². The predicted octanol–water partition coefficient (Wildman–Crippen LogP) is -0.410. The molecule has 2 saturated heterocycles. The molecular formula is C24H29N4O4+. The Bertz CT molecular complexity index is 933. The van der Waals surface area contributed by atoms with Crippen molar-refractivity contribution in [3.8, 4) is 0 Å². The summed E-state index contributed by atoms with van der Waals surface area (Å²) in [6, 6.07) is 17.6. The van der Waals surface area contributed by atoms with Crippen molar-refractivity contribution in [3.05, 3.63) is 71.8 Å². The van der Waals surface area contributed by atoms with Crippen LogP contribution in [0.4, 0.5) is 4.79 Å². The number of nitrogens with zero attached hydrogens (tertiary/aromatic N) is 2. The number of aliphatic hydroxyl groups excluding tert-OH is 1. The maximum atomic E-state index is 13.7. The minimum absolute atomic E-state index is 0.249. The fourth-order valence-corrected chi connectivity index (χ4v) is 4.58. The van der Waals surface area contributed by atoms with Crippen molar-refractivity contribution in [2.45, 2.75) is 18.6 Å². The van der Waals surface area contributed by atoms with E-state index >= 15 is 0 Å². The van der Waals surface area contributed by atoms with E-state index in [0.717, 1.165) is 18.0 Å². The monoisotopic (exact) mass is 437 g/mol. The highest BCUT2D eigenvalue weighted by Crippen LogP contribution is 2.35. The summed E-state index contributed by atoms with van der Waals surface area (Å²) in [6.07, 6.45) is -0.387. The van der Waals surface area contributed by atoms with Crippen molar-refractivity contribution in [2.24, 2.45) is 0 Å². The van der Waals surface area contributed by atoms with Gasteiger partial charge in [-0.1, -0.05) is 60.7 Å². The van der Waals surface area contributed by atoms with Crippen molar-refractivity contribution in [1.29, 1.82) is 0 Å². The lowest BCUT2D eigenvalue weighted by Gasteiger charge is -2.33. The van der Waals surface area contributed by atoms with Crippen molar-refractivity contribution in [2.75, 3.05) is 39.3 Å². The van der Waals surface area contributed by atoms with Gasteiger partial charge in [0.15, 0.2) is 5.54 Å². The molecule has 0 bridgehead atoms. The first kappa shape index (κ1) is 22.0. The van der Waals surface area contributed by atoms with Crippen LogP contribution < -0.4 is 10.2 Å². The zero-order valence-electron chi connectivity index (χ0n) is 18.2. The van der Waals surface area contributed by atoms with Crippen LogP contribution in [0, 0.1) is 0 Å². The molecule has 2 aliphatic heterocycles. The van der Waals surface area contributed by atoms with E-state index in [-0.39, 0.29) is 18.6 Å². The first-order chi connectivity index (χ1) is 15.4. The Morgan fingerprint density at radius 1 is 1.03 bits per heavy atom. The Balaban J connectivity index is 1.53. The van der Waals surface area contributed by atoms with Crippen LogP contribution in [0.2, 0.25) is 0 Å². The van der Waals surface area contributed by atoms with E-state index in [2.05, 4.69) is 5.32 Å². The predicted molar refractivity (Wildman–Crippen MR) is 118 cm³/mol. The topological polar surface area (TPSA) is 94.4 Å². The number of hydrogen-bond acceptors (Lipinski definition) is 4. The molecule has 2 aromatic rings. The second-order valence-electron chi connectivity index (χ2n) is 8.49. The van der Waals surface area contributed by atoms with Gasteiger partial charge in [0.2, 0.25) is 5.91 Å². The lowest BCUT2D eigenvalue weighted by atomic mass is 9.82. The van der Waals surface area contributed by atoms with E-state index < -0.39 is 17.5 Å². The summed E-state index contributed by atoms with van der Waals surface area (Å²) in [4.78, 5) is 43.5. The summed E-state index contributed by atoms with van der Waals surface area (Å²) in [5.74, 6) is -0.701. The van der Waals surface area contributed by atoms with Crippen LogP contribution in [0.5, 0.6) is 0 Å². The van der Waals surface area contributed by atoms with Crippen molar-refractivity contribution in [1.82, 2.24) is 15.1 Å². The Labute approximate surface area is 187 Å². The standard InChI is InChI=1S/C24H28N4O4/c1-18(29)16-26-12-14-27(15-13-26)21(30)17-28-22(31)24(25-23(28)32,19-8-4-2-5-9-19)20-10-6-3-7-11-20/h2-11,18,29H,12-17H2,1H3,(H,25,32)/p+1/t18-/m0/s1. The fourth-order valence-electron chi connectivity index (χ4n) is 4.58. The minimum atomic E-state index is -1.36. The lowest BCUT2D eigenvalue weighted by Crippen LogP contribution is -3.15. The number of rotatable bonds is 6. The third-order valence-corrected chi connectivity index (χ3v) is 6.22. The Morgan fingerprint density at radius 3 is 2.06 bits per heavy atom. The molecule has 168 valence electrons. The minimum Gasteiger partial charge on any atom is -0.388 e. The quantitative estimate of drug-likeness (QED) is 0.536. The van der Waals surface area contributed by atoms with Crippen LogP contribution in [-0.4, -0.2) is 78.1 Å². The highest BCUT2D eigenvalue weighted by Gasteiger charge is 2.54. The van der Waals surface area contributed by atoms with E-state index in [1.807, 2.05) is 36.4 Å². The maximum absolute atomic E-state index is 13.7. The van der Waals surface area contributed by atoms with Gasteiger partial charge in [-0.2, -0.15) is 0 Å². The molecule has 8 heteroatoms. The van der Waals surface area contributed by atoms with Gasteiger partial charge in [0, 0.05) is 0 Å². The summed E-state index contributed by atoms with van der Waals surface area (Å²) in [6.45, 7) is 4.64. The maximum Gasteiger partial charge on any atom is 0.326 e. The van der Waals surface area contributed by atoms with Crippen LogP contribution in [0.3, 0.4) is 0 Å². The molecule has 8 nitrogen and oxygen atoms in total. The average molecular weight is 438 g/mol. The number of hydrogen-bond donors (Lipinski definition) is 3. The first-order valence-corrected chi connectivity index (χ1v) is 11.0. The zero-order valence-corrected chi connectivity index (χ0v) is 18.2. The third-order valence-electron chi connectivity index (χ3n) is 6.22. The number of imide groups is 1. The fraction of sp³-hybridized carbons (Fsp3) is 0.375. The number of aliphatic hydroxyl groups is 1. The van der Waals surface area contributed by atoms with Crippen LogP contribution in [0.1, 0.15) is 18.1 Å². The highest BCUT2D eigenvalue weighted by molar-refractivity contribution is 6.11. The van der Waals surface area contributed by atoms with Crippen LogP contribution in [-0.2, 0) is 15.1 Å². The average Bonchev–Trinajstić information content (AvgIpc) is 3.06. The van der Waals surface area contributed by atoms with E-state index in [4.69, 9.17) is 0 Å². The van der Waals surface area contributed by atoms with Crippen molar-refractivity contribution >= 4 is 17.8 Å². The molecule has 2 heterocycles. The molecule has 2 fully saturated rings. The molecule has 1 atom stereocenters. The van der Waals surface area contributed by atoms with Gasteiger partial charge in [-0.05, 0) is 18.1 Å². The van der Waals surface area contributed by atoms with Gasteiger partial charge in [0.25, 0.3) is 5.91 Å². The van der Waals surface area contributed by atoms with E-state index in [1.54, 1.807) is 36.1 Å². The number of benzene rings is 2. The molecule has 0 spiro atoms. The third kappa shape index (κ3) is 4.11.